The predicted molar refractivity (Wildman–Crippen MR) is 80.6 cm³/mol. The van der Waals surface area contributed by atoms with Gasteiger partial charge in [0.2, 0.25) is 0 Å². The van der Waals surface area contributed by atoms with Gasteiger partial charge in [-0.2, -0.15) is 0 Å². The number of anilines is 2. The van der Waals surface area contributed by atoms with Gasteiger partial charge in [0.15, 0.2) is 0 Å². The molecule has 0 saturated heterocycles. The minimum atomic E-state index is -0.120. The van der Waals surface area contributed by atoms with Crippen LogP contribution in [0.3, 0.4) is 0 Å². The molecule has 0 bridgehead atoms. The van der Waals surface area contributed by atoms with Crippen molar-refractivity contribution in [2.24, 2.45) is 0 Å². The predicted octanol–water partition coefficient (Wildman–Crippen LogP) is 4.02. The van der Waals surface area contributed by atoms with Crippen LogP contribution in [0.25, 0.3) is 0 Å². The smallest absolute Gasteiger partial charge is 0.269 e. The molecular weight excluding hydrogens is 336 g/mol. The Kier molecular flexibility index (Phi) is 3.94. The molecule has 3 nitrogen and oxygen atoms in total. The first-order chi connectivity index (χ1) is 8.50. The summed E-state index contributed by atoms with van der Waals surface area (Å²) in [4.78, 5) is 14.4. The first kappa shape index (κ1) is 13.4. The molecule has 0 saturated carbocycles. The number of thiophene rings is 1. The molecule has 0 spiro atoms. The van der Waals surface area contributed by atoms with E-state index in [0.29, 0.717) is 21.3 Å². The van der Waals surface area contributed by atoms with Crippen molar-refractivity contribution in [2.75, 3.05) is 17.7 Å². The van der Waals surface area contributed by atoms with Gasteiger partial charge in [0.05, 0.1) is 11.4 Å². The van der Waals surface area contributed by atoms with Gasteiger partial charge in [-0.1, -0.05) is 11.6 Å². The van der Waals surface area contributed by atoms with E-state index in [-0.39, 0.29) is 5.91 Å². The van der Waals surface area contributed by atoms with Crippen molar-refractivity contribution in [1.82, 2.24) is 0 Å². The van der Waals surface area contributed by atoms with Gasteiger partial charge in [0, 0.05) is 16.5 Å². The number of amides is 1. The van der Waals surface area contributed by atoms with Crippen molar-refractivity contribution in [1.29, 1.82) is 0 Å². The molecule has 2 N–H and O–H groups in total. The van der Waals surface area contributed by atoms with Crippen LogP contribution in [0.15, 0.2) is 34.1 Å². The van der Waals surface area contributed by atoms with E-state index in [1.165, 1.54) is 16.2 Å². The second-order valence-electron chi connectivity index (χ2n) is 3.66. The fraction of sp³-hybridized carbons (Fsp3) is 0.0833. The largest absolute Gasteiger partial charge is 0.397 e. The lowest BCUT2D eigenvalue weighted by Crippen LogP contribution is -2.26. The van der Waals surface area contributed by atoms with E-state index in [9.17, 15) is 4.79 Å². The Bertz CT molecular complexity index is 600. The Morgan fingerprint density at radius 2 is 2.17 bits per heavy atom. The number of halogens is 2. The second kappa shape index (κ2) is 5.30. The zero-order valence-electron chi connectivity index (χ0n) is 9.48. The molecule has 2 rings (SSSR count). The number of benzene rings is 1. The summed E-state index contributed by atoms with van der Waals surface area (Å²) in [6.07, 6.45) is 0. The van der Waals surface area contributed by atoms with Crippen molar-refractivity contribution in [3.8, 4) is 0 Å². The molecule has 0 aliphatic heterocycles. The van der Waals surface area contributed by atoms with Crippen molar-refractivity contribution in [3.05, 3.63) is 44.0 Å². The van der Waals surface area contributed by atoms with E-state index in [2.05, 4.69) is 15.9 Å². The van der Waals surface area contributed by atoms with Crippen LogP contribution in [0.2, 0.25) is 5.02 Å². The van der Waals surface area contributed by atoms with E-state index in [4.69, 9.17) is 17.3 Å². The molecule has 0 aliphatic rings. The molecule has 1 heterocycles. The Morgan fingerprint density at radius 3 is 2.78 bits per heavy atom. The molecule has 1 aromatic carbocycles. The third kappa shape index (κ3) is 2.53. The van der Waals surface area contributed by atoms with Crippen LogP contribution in [-0.4, -0.2) is 13.0 Å². The normalized spacial score (nSPS) is 10.4. The molecule has 0 atom stereocenters. The van der Waals surface area contributed by atoms with Crippen LogP contribution >= 0.6 is 38.9 Å². The van der Waals surface area contributed by atoms with Crippen LogP contribution in [0.4, 0.5) is 11.4 Å². The van der Waals surface area contributed by atoms with Crippen LogP contribution < -0.4 is 10.6 Å². The van der Waals surface area contributed by atoms with Gasteiger partial charge in [0.1, 0.15) is 4.88 Å². The molecular formula is C12H10BrClN2OS. The van der Waals surface area contributed by atoms with Crippen molar-refractivity contribution in [2.45, 2.75) is 0 Å². The Balaban J connectivity index is 2.37. The highest BCUT2D eigenvalue weighted by Gasteiger charge is 2.19. The summed E-state index contributed by atoms with van der Waals surface area (Å²) in [7, 11) is 1.68. The standard InChI is InChI=1S/C12H10BrClN2OS/c1-16(10-6-7(14)2-3-9(10)15)12(17)11-8(13)4-5-18-11/h2-6H,15H2,1H3. The maximum atomic E-state index is 12.3. The van der Waals surface area contributed by atoms with Gasteiger partial charge in [-0.15, -0.1) is 11.3 Å². The molecule has 0 aliphatic carbocycles. The van der Waals surface area contributed by atoms with Gasteiger partial charge < -0.3 is 10.6 Å². The number of nitrogens with two attached hydrogens (primary N) is 1. The minimum absolute atomic E-state index is 0.120. The first-order valence-corrected chi connectivity index (χ1v) is 7.12. The lowest BCUT2D eigenvalue weighted by atomic mass is 10.2. The second-order valence-corrected chi connectivity index (χ2v) is 5.87. The van der Waals surface area contributed by atoms with Crippen molar-refractivity contribution < 1.29 is 4.79 Å². The third-order valence-electron chi connectivity index (χ3n) is 2.47. The zero-order chi connectivity index (χ0) is 13.3. The summed E-state index contributed by atoms with van der Waals surface area (Å²) >= 11 is 10.6. The van der Waals surface area contributed by atoms with Crippen molar-refractivity contribution >= 4 is 56.1 Å². The van der Waals surface area contributed by atoms with Crippen LogP contribution in [0.1, 0.15) is 9.67 Å². The summed E-state index contributed by atoms with van der Waals surface area (Å²) < 4.78 is 0.782. The lowest BCUT2D eigenvalue weighted by molar-refractivity contribution is 0.0996. The number of hydrogen-bond acceptors (Lipinski definition) is 3. The van der Waals surface area contributed by atoms with E-state index < -0.39 is 0 Å². The number of hydrogen-bond donors (Lipinski definition) is 1. The summed E-state index contributed by atoms with van der Waals surface area (Å²) in [6.45, 7) is 0. The average Bonchev–Trinajstić information content (AvgIpc) is 2.77. The number of carbonyl (C=O) groups is 1. The molecule has 0 unspecified atom stereocenters. The first-order valence-electron chi connectivity index (χ1n) is 5.07. The van der Waals surface area contributed by atoms with Gasteiger partial charge in [-0.25, -0.2) is 0 Å². The molecule has 18 heavy (non-hydrogen) atoms. The average molecular weight is 346 g/mol. The molecule has 2 aromatic rings. The molecule has 94 valence electrons. The SMILES string of the molecule is CN(C(=O)c1sccc1Br)c1cc(Cl)ccc1N. The maximum absolute atomic E-state index is 12.3. The summed E-state index contributed by atoms with van der Waals surface area (Å²) in [6, 6.07) is 6.90. The Morgan fingerprint density at radius 1 is 1.44 bits per heavy atom. The van der Waals surface area contributed by atoms with Crippen LogP contribution in [0.5, 0.6) is 0 Å². The van der Waals surface area contributed by atoms with Gasteiger partial charge >= 0.3 is 0 Å². The number of nitrogen functional groups attached to an aromatic ring is 1. The number of rotatable bonds is 2. The maximum Gasteiger partial charge on any atom is 0.269 e. The lowest BCUT2D eigenvalue weighted by Gasteiger charge is -2.19. The summed E-state index contributed by atoms with van der Waals surface area (Å²) in [5.41, 5.74) is 6.98. The highest BCUT2D eigenvalue weighted by atomic mass is 79.9. The molecule has 6 heteroatoms. The van der Waals surface area contributed by atoms with Gasteiger partial charge in [-0.3, -0.25) is 4.79 Å². The van der Waals surface area contributed by atoms with E-state index >= 15 is 0 Å². The third-order valence-corrected chi connectivity index (χ3v) is 4.53. The zero-order valence-corrected chi connectivity index (χ0v) is 12.6. The van der Waals surface area contributed by atoms with Gasteiger partial charge in [-0.05, 0) is 45.6 Å². The Hall–Kier alpha value is -1.04. The van der Waals surface area contributed by atoms with E-state index in [1.54, 1.807) is 25.2 Å². The monoisotopic (exact) mass is 344 g/mol. The highest BCUT2D eigenvalue weighted by Crippen LogP contribution is 2.30. The summed E-state index contributed by atoms with van der Waals surface area (Å²) in [5, 5.41) is 2.40. The molecule has 1 aromatic heterocycles. The quantitative estimate of drug-likeness (QED) is 0.836. The summed E-state index contributed by atoms with van der Waals surface area (Å²) in [5.74, 6) is -0.120. The van der Waals surface area contributed by atoms with Crippen LogP contribution in [0, 0.1) is 0 Å². The molecule has 0 radical (unpaired) electrons. The Labute approximate surface area is 122 Å². The van der Waals surface area contributed by atoms with Crippen molar-refractivity contribution in [3.63, 3.8) is 0 Å². The fourth-order valence-electron chi connectivity index (χ4n) is 1.52. The fourth-order valence-corrected chi connectivity index (χ4v) is 3.20. The topological polar surface area (TPSA) is 46.3 Å². The molecule has 0 fully saturated rings. The highest BCUT2D eigenvalue weighted by molar-refractivity contribution is 9.10. The number of nitrogens with zero attached hydrogens (tertiary/aromatic N) is 1. The minimum Gasteiger partial charge on any atom is -0.397 e. The molecule has 1 amide bonds. The van der Waals surface area contributed by atoms with Gasteiger partial charge in [0.25, 0.3) is 5.91 Å². The van der Waals surface area contributed by atoms with E-state index in [0.717, 1.165) is 4.47 Å². The van der Waals surface area contributed by atoms with Crippen LogP contribution in [-0.2, 0) is 0 Å². The number of carbonyl (C=O) groups excluding carboxylic acids is 1. The van der Waals surface area contributed by atoms with E-state index in [1.807, 2.05) is 11.4 Å².